The average molecular weight is 398 g/mol. The van der Waals surface area contributed by atoms with Crippen molar-refractivity contribution in [3.8, 4) is 0 Å². The molecule has 0 aliphatic heterocycles. The topological polar surface area (TPSA) is 100 Å². The van der Waals surface area contributed by atoms with Crippen LogP contribution in [0.15, 0.2) is 54.7 Å². The van der Waals surface area contributed by atoms with Gasteiger partial charge in [0.1, 0.15) is 0 Å². The molecule has 1 atom stereocenters. The fraction of sp³-hybridized carbons (Fsp3) is 0.200. The lowest BCUT2D eigenvalue weighted by Crippen LogP contribution is -2.31. The van der Waals surface area contributed by atoms with Crippen LogP contribution in [-0.2, 0) is 10.0 Å². The molecule has 3 aromatic rings. The largest absolute Gasteiger partial charge is 0.331 e. The third-order valence-electron chi connectivity index (χ3n) is 4.17. The normalized spacial score (nSPS) is 12.4. The van der Waals surface area contributed by atoms with Crippen molar-refractivity contribution in [2.45, 2.75) is 19.9 Å². The third kappa shape index (κ3) is 4.77. The molecule has 0 unspecified atom stereocenters. The Bertz CT molecular complexity index is 1130. The van der Waals surface area contributed by atoms with Crippen LogP contribution in [0.4, 0.5) is 16.2 Å². The second-order valence-corrected chi connectivity index (χ2v) is 8.42. The van der Waals surface area contributed by atoms with E-state index in [-0.39, 0.29) is 0 Å². The number of amides is 2. The molecule has 0 saturated heterocycles. The van der Waals surface area contributed by atoms with E-state index < -0.39 is 22.1 Å². The molecular formula is C20H22N4O3S. The van der Waals surface area contributed by atoms with E-state index in [1.165, 1.54) is 0 Å². The maximum atomic E-state index is 12.6. The van der Waals surface area contributed by atoms with E-state index in [1.807, 2.05) is 31.2 Å². The molecule has 7 nitrogen and oxygen atoms in total. The van der Waals surface area contributed by atoms with Gasteiger partial charge in [-0.05, 0) is 49.2 Å². The van der Waals surface area contributed by atoms with Gasteiger partial charge in [-0.2, -0.15) is 0 Å². The summed E-state index contributed by atoms with van der Waals surface area (Å²) in [7, 11) is -3.43. The van der Waals surface area contributed by atoms with Gasteiger partial charge in [-0.1, -0.05) is 24.3 Å². The fourth-order valence-corrected chi connectivity index (χ4v) is 3.62. The molecule has 0 fully saturated rings. The minimum absolute atomic E-state index is 0.404. The van der Waals surface area contributed by atoms with Gasteiger partial charge in [0, 0.05) is 11.6 Å². The highest BCUT2D eigenvalue weighted by molar-refractivity contribution is 7.92. The second-order valence-electron chi connectivity index (χ2n) is 6.67. The van der Waals surface area contributed by atoms with E-state index in [9.17, 15) is 13.2 Å². The average Bonchev–Trinajstić information content (AvgIpc) is 2.60. The minimum atomic E-state index is -3.43. The molecule has 2 amide bonds. The number of hydrogen-bond acceptors (Lipinski definition) is 4. The molecule has 0 bridgehead atoms. The van der Waals surface area contributed by atoms with Crippen molar-refractivity contribution >= 4 is 38.3 Å². The van der Waals surface area contributed by atoms with E-state index in [0.717, 1.165) is 17.2 Å². The molecule has 1 heterocycles. The number of nitrogens with one attached hydrogen (secondary N) is 3. The summed E-state index contributed by atoms with van der Waals surface area (Å²) < 4.78 is 25.6. The first-order valence-corrected chi connectivity index (χ1v) is 10.6. The quantitative estimate of drug-likeness (QED) is 0.609. The molecule has 0 spiro atoms. The number of carbonyl (C=O) groups excluding carboxylic acids is 1. The number of hydrogen-bond donors (Lipinski definition) is 3. The van der Waals surface area contributed by atoms with Crippen LogP contribution >= 0.6 is 0 Å². The molecule has 0 radical (unpaired) electrons. The lowest BCUT2D eigenvalue weighted by Gasteiger charge is -2.19. The van der Waals surface area contributed by atoms with Gasteiger partial charge in [0.25, 0.3) is 0 Å². The standard InChI is InChI=1S/C20H22N4O3S/c1-13-11-15-7-6-10-21-19(15)18(12-13)23-20(25)22-14(2)16-8-4-5-9-17(16)24-28(3,26)27/h4-12,14,24H,1-3H3,(H2,22,23,25)/t14-/m0/s1. The van der Waals surface area contributed by atoms with E-state index in [0.29, 0.717) is 22.5 Å². The van der Waals surface area contributed by atoms with E-state index in [1.54, 1.807) is 37.4 Å². The van der Waals surface area contributed by atoms with Gasteiger partial charge >= 0.3 is 6.03 Å². The molecule has 3 rings (SSSR count). The summed E-state index contributed by atoms with van der Waals surface area (Å²) in [5.41, 5.74) is 3.42. The van der Waals surface area contributed by atoms with Gasteiger partial charge in [-0.3, -0.25) is 9.71 Å². The second kappa shape index (κ2) is 7.85. The SMILES string of the molecule is Cc1cc(NC(=O)N[C@@H](C)c2ccccc2NS(C)(=O)=O)c2ncccc2c1. The van der Waals surface area contributed by atoms with Gasteiger partial charge in [0.15, 0.2) is 0 Å². The van der Waals surface area contributed by atoms with Gasteiger partial charge in [0.05, 0.1) is 29.2 Å². The molecule has 0 aliphatic carbocycles. The maximum Gasteiger partial charge on any atom is 0.319 e. The van der Waals surface area contributed by atoms with Crippen molar-refractivity contribution in [1.82, 2.24) is 10.3 Å². The summed E-state index contributed by atoms with van der Waals surface area (Å²) >= 11 is 0. The minimum Gasteiger partial charge on any atom is -0.331 e. The van der Waals surface area contributed by atoms with Crippen LogP contribution in [0.3, 0.4) is 0 Å². The summed E-state index contributed by atoms with van der Waals surface area (Å²) in [5, 5.41) is 6.62. The Kier molecular flexibility index (Phi) is 5.51. The first-order valence-electron chi connectivity index (χ1n) is 8.72. The third-order valence-corrected chi connectivity index (χ3v) is 4.76. The van der Waals surface area contributed by atoms with Gasteiger partial charge < -0.3 is 10.6 Å². The maximum absolute atomic E-state index is 12.6. The lowest BCUT2D eigenvalue weighted by molar-refractivity contribution is 0.249. The number of para-hydroxylation sites is 1. The first kappa shape index (κ1) is 19.6. The monoisotopic (exact) mass is 398 g/mol. The van der Waals surface area contributed by atoms with Crippen LogP contribution in [0.5, 0.6) is 0 Å². The van der Waals surface area contributed by atoms with Gasteiger partial charge in [-0.15, -0.1) is 0 Å². The Hall–Kier alpha value is -3.13. The highest BCUT2D eigenvalue weighted by Gasteiger charge is 2.16. The van der Waals surface area contributed by atoms with Crippen molar-refractivity contribution in [2.24, 2.45) is 0 Å². The fourth-order valence-electron chi connectivity index (χ4n) is 3.04. The van der Waals surface area contributed by atoms with E-state index in [4.69, 9.17) is 0 Å². The van der Waals surface area contributed by atoms with Crippen LogP contribution in [0.2, 0.25) is 0 Å². The molecule has 0 saturated carbocycles. The molecule has 1 aromatic heterocycles. The van der Waals surface area contributed by atoms with Crippen LogP contribution in [0, 0.1) is 6.92 Å². The highest BCUT2D eigenvalue weighted by atomic mass is 32.2. The number of pyridine rings is 1. The van der Waals surface area contributed by atoms with Crippen molar-refractivity contribution in [1.29, 1.82) is 0 Å². The number of sulfonamides is 1. The Morgan fingerprint density at radius 2 is 1.82 bits per heavy atom. The van der Waals surface area contributed by atoms with Gasteiger partial charge in [-0.25, -0.2) is 13.2 Å². The molecule has 8 heteroatoms. The van der Waals surface area contributed by atoms with Gasteiger partial charge in [0.2, 0.25) is 10.0 Å². The number of aromatic nitrogens is 1. The number of carbonyl (C=O) groups is 1. The number of fused-ring (bicyclic) bond motifs is 1. The summed E-state index contributed by atoms with van der Waals surface area (Å²) in [6.45, 7) is 3.74. The summed E-state index contributed by atoms with van der Waals surface area (Å²) in [6.07, 6.45) is 2.76. The Balaban J connectivity index is 1.80. The van der Waals surface area contributed by atoms with Crippen LogP contribution < -0.4 is 15.4 Å². The smallest absolute Gasteiger partial charge is 0.319 e. The molecule has 2 aromatic carbocycles. The Morgan fingerprint density at radius 1 is 1.07 bits per heavy atom. The lowest BCUT2D eigenvalue weighted by atomic mass is 10.1. The zero-order valence-corrected chi connectivity index (χ0v) is 16.7. The van der Waals surface area contributed by atoms with Crippen LogP contribution in [0.25, 0.3) is 10.9 Å². The molecule has 0 aliphatic rings. The van der Waals surface area contributed by atoms with Crippen LogP contribution in [0.1, 0.15) is 24.1 Å². The van der Waals surface area contributed by atoms with Crippen molar-refractivity contribution in [2.75, 3.05) is 16.3 Å². The number of urea groups is 1. The number of nitrogens with zero attached hydrogens (tertiary/aromatic N) is 1. The summed E-state index contributed by atoms with van der Waals surface area (Å²) in [6, 6.07) is 13.8. The Labute approximate surface area is 164 Å². The van der Waals surface area contributed by atoms with Crippen molar-refractivity contribution in [3.05, 3.63) is 65.9 Å². The zero-order valence-electron chi connectivity index (χ0n) is 15.9. The summed E-state index contributed by atoms with van der Waals surface area (Å²) in [5.74, 6) is 0. The number of rotatable bonds is 5. The van der Waals surface area contributed by atoms with E-state index in [2.05, 4.69) is 20.3 Å². The van der Waals surface area contributed by atoms with Crippen molar-refractivity contribution < 1.29 is 13.2 Å². The van der Waals surface area contributed by atoms with Crippen molar-refractivity contribution in [3.63, 3.8) is 0 Å². The molecule has 28 heavy (non-hydrogen) atoms. The molecule has 146 valence electrons. The summed E-state index contributed by atoms with van der Waals surface area (Å²) in [4.78, 5) is 16.9. The van der Waals surface area contributed by atoms with Crippen LogP contribution in [-0.4, -0.2) is 25.7 Å². The number of aryl methyl sites for hydroxylation is 1. The Morgan fingerprint density at radius 3 is 2.57 bits per heavy atom. The first-order chi connectivity index (χ1) is 13.2. The predicted octanol–water partition coefficient (Wildman–Crippen LogP) is 3.80. The molecular weight excluding hydrogens is 376 g/mol. The zero-order chi connectivity index (χ0) is 20.3. The highest BCUT2D eigenvalue weighted by Crippen LogP contribution is 2.25. The molecule has 3 N–H and O–H groups in total. The number of benzene rings is 2. The van der Waals surface area contributed by atoms with E-state index >= 15 is 0 Å². The predicted molar refractivity (Wildman–Crippen MR) is 112 cm³/mol. The number of anilines is 2.